The Balaban J connectivity index is 2.74. The van der Waals surface area contributed by atoms with E-state index in [1.165, 1.54) is 0 Å². The molecule has 116 valence electrons. The fourth-order valence-electron chi connectivity index (χ4n) is 2.89. The van der Waals surface area contributed by atoms with Gasteiger partial charge in [0.25, 0.3) is 0 Å². The minimum atomic E-state index is -0.791. The number of likely N-dealkylation sites (tertiary alicyclic amines) is 1. The summed E-state index contributed by atoms with van der Waals surface area (Å²) in [5, 5.41) is 9.33. The maximum absolute atomic E-state index is 12.5. The highest BCUT2D eigenvalue weighted by Gasteiger charge is 2.40. The van der Waals surface area contributed by atoms with Crippen LogP contribution in [0.15, 0.2) is 0 Å². The molecule has 2 unspecified atom stereocenters. The smallest absolute Gasteiger partial charge is 0.309 e. The predicted octanol–water partition coefficient (Wildman–Crippen LogP) is 1.71. The van der Waals surface area contributed by atoms with Gasteiger partial charge in [0.1, 0.15) is 0 Å². The van der Waals surface area contributed by atoms with Crippen molar-refractivity contribution in [3.8, 4) is 0 Å². The molecule has 1 heterocycles. The molecule has 1 aliphatic rings. The van der Waals surface area contributed by atoms with E-state index in [1.54, 1.807) is 13.8 Å². The third-order valence-electron chi connectivity index (χ3n) is 4.58. The first-order valence-corrected chi connectivity index (χ1v) is 7.56. The molecule has 0 saturated carbocycles. The largest absolute Gasteiger partial charge is 0.481 e. The Labute approximate surface area is 121 Å². The Morgan fingerprint density at radius 1 is 1.45 bits per heavy atom. The third kappa shape index (κ3) is 3.72. The lowest BCUT2D eigenvalue weighted by atomic mass is 9.74. The van der Waals surface area contributed by atoms with E-state index in [-0.39, 0.29) is 17.7 Å². The van der Waals surface area contributed by atoms with Crippen LogP contribution in [0.25, 0.3) is 0 Å². The average Bonchev–Trinajstić information content (AvgIpc) is 2.44. The third-order valence-corrected chi connectivity index (χ3v) is 4.58. The highest BCUT2D eigenvalue weighted by atomic mass is 16.4. The van der Waals surface area contributed by atoms with Crippen molar-refractivity contribution in [2.75, 3.05) is 19.6 Å². The van der Waals surface area contributed by atoms with Crippen molar-refractivity contribution in [2.24, 2.45) is 23.0 Å². The molecule has 0 aromatic carbocycles. The van der Waals surface area contributed by atoms with Gasteiger partial charge in [-0.25, -0.2) is 0 Å². The van der Waals surface area contributed by atoms with Crippen molar-refractivity contribution < 1.29 is 14.7 Å². The second kappa shape index (κ2) is 7.07. The van der Waals surface area contributed by atoms with Crippen LogP contribution in [0.4, 0.5) is 0 Å². The van der Waals surface area contributed by atoms with Crippen molar-refractivity contribution in [1.29, 1.82) is 0 Å². The fourth-order valence-corrected chi connectivity index (χ4v) is 2.89. The van der Waals surface area contributed by atoms with Crippen molar-refractivity contribution in [1.82, 2.24) is 4.90 Å². The van der Waals surface area contributed by atoms with Gasteiger partial charge >= 0.3 is 5.97 Å². The van der Waals surface area contributed by atoms with E-state index in [1.807, 2.05) is 11.8 Å². The first kappa shape index (κ1) is 17.0. The standard InChI is InChI=1S/C15H28N2O3/c1-4-6-11(9-16)13(18)17-8-5-7-12(10-17)15(2,3)14(19)20/h11-12H,4-10,16H2,1-3H3,(H,19,20). The number of carbonyl (C=O) groups excluding carboxylic acids is 1. The molecule has 5 heteroatoms. The molecule has 20 heavy (non-hydrogen) atoms. The SMILES string of the molecule is CCCC(CN)C(=O)N1CCCC(C(C)(C)C(=O)O)C1. The molecule has 1 fully saturated rings. The summed E-state index contributed by atoms with van der Waals surface area (Å²) in [5.41, 5.74) is 4.90. The maximum Gasteiger partial charge on any atom is 0.309 e. The van der Waals surface area contributed by atoms with Crippen LogP contribution in [0.1, 0.15) is 46.5 Å². The van der Waals surface area contributed by atoms with Crippen LogP contribution >= 0.6 is 0 Å². The summed E-state index contributed by atoms with van der Waals surface area (Å²) in [4.78, 5) is 25.7. The lowest BCUT2D eigenvalue weighted by Crippen LogP contribution is -2.49. The molecule has 0 spiro atoms. The van der Waals surface area contributed by atoms with Gasteiger partial charge in [-0.3, -0.25) is 9.59 Å². The molecule has 5 nitrogen and oxygen atoms in total. The van der Waals surface area contributed by atoms with Gasteiger partial charge in [-0.1, -0.05) is 13.3 Å². The van der Waals surface area contributed by atoms with Crippen LogP contribution in [-0.4, -0.2) is 41.5 Å². The molecule has 2 atom stereocenters. The lowest BCUT2D eigenvalue weighted by Gasteiger charge is -2.40. The van der Waals surface area contributed by atoms with Crippen molar-refractivity contribution in [3.05, 3.63) is 0 Å². The highest BCUT2D eigenvalue weighted by molar-refractivity contribution is 5.79. The molecule has 0 aromatic rings. The molecule has 0 bridgehead atoms. The van der Waals surface area contributed by atoms with Crippen LogP contribution < -0.4 is 5.73 Å². The van der Waals surface area contributed by atoms with Crippen LogP contribution in [-0.2, 0) is 9.59 Å². The first-order valence-electron chi connectivity index (χ1n) is 7.56. The summed E-state index contributed by atoms with van der Waals surface area (Å²) < 4.78 is 0. The minimum absolute atomic E-state index is 0.0118. The molecular formula is C15H28N2O3. The van der Waals surface area contributed by atoms with E-state index < -0.39 is 11.4 Å². The predicted molar refractivity (Wildman–Crippen MR) is 78.2 cm³/mol. The van der Waals surface area contributed by atoms with Gasteiger partial charge in [-0.05, 0) is 39.0 Å². The second-order valence-corrected chi connectivity index (χ2v) is 6.37. The van der Waals surface area contributed by atoms with Gasteiger partial charge in [0.15, 0.2) is 0 Å². The maximum atomic E-state index is 12.5. The normalized spacial score (nSPS) is 21.6. The number of carboxylic acids is 1. The lowest BCUT2D eigenvalue weighted by molar-refractivity contribution is -0.153. The molecule has 1 aliphatic heterocycles. The molecule has 0 aromatic heterocycles. The molecule has 0 radical (unpaired) electrons. The van der Waals surface area contributed by atoms with Crippen LogP contribution in [0.2, 0.25) is 0 Å². The zero-order valence-electron chi connectivity index (χ0n) is 12.9. The van der Waals surface area contributed by atoms with E-state index in [4.69, 9.17) is 5.73 Å². The highest BCUT2D eigenvalue weighted by Crippen LogP contribution is 2.34. The Kier molecular flexibility index (Phi) is 5.99. The summed E-state index contributed by atoms with van der Waals surface area (Å²) in [7, 11) is 0. The van der Waals surface area contributed by atoms with Gasteiger partial charge in [0, 0.05) is 19.6 Å². The molecule has 1 rings (SSSR count). The Hall–Kier alpha value is -1.10. The topological polar surface area (TPSA) is 83.6 Å². The van der Waals surface area contributed by atoms with Gasteiger partial charge in [-0.2, -0.15) is 0 Å². The van der Waals surface area contributed by atoms with Crippen LogP contribution in [0.3, 0.4) is 0 Å². The number of rotatable bonds is 6. The summed E-state index contributed by atoms with van der Waals surface area (Å²) in [6.45, 7) is 7.18. The molecule has 1 amide bonds. The Bertz CT molecular complexity index is 355. The minimum Gasteiger partial charge on any atom is -0.481 e. The second-order valence-electron chi connectivity index (χ2n) is 6.37. The fraction of sp³-hybridized carbons (Fsp3) is 0.867. The number of amides is 1. The summed E-state index contributed by atoms with van der Waals surface area (Å²) in [6, 6.07) is 0. The first-order chi connectivity index (χ1) is 9.34. The molecule has 3 N–H and O–H groups in total. The summed E-state index contributed by atoms with van der Waals surface area (Å²) in [6.07, 6.45) is 3.48. The van der Waals surface area contributed by atoms with Gasteiger partial charge < -0.3 is 15.7 Å². The van der Waals surface area contributed by atoms with E-state index >= 15 is 0 Å². The number of hydrogen-bond acceptors (Lipinski definition) is 3. The zero-order chi connectivity index (χ0) is 15.3. The summed E-state index contributed by atoms with van der Waals surface area (Å²) >= 11 is 0. The van der Waals surface area contributed by atoms with Crippen LogP contribution in [0.5, 0.6) is 0 Å². The zero-order valence-corrected chi connectivity index (χ0v) is 12.9. The Morgan fingerprint density at radius 3 is 2.60 bits per heavy atom. The number of piperidine rings is 1. The monoisotopic (exact) mass is 284 g/mol. The van der Waals surface area contributed by atoms with Gasteiger partial charge in [-0.15, -0.1) is 0 Å². The number of nitrogens with zero attached hydrogens (tertiary/aromatic N) is 1. The van der Waals surface area contributed by atoms with E-state index in [2.05, 4.69) is 0 Å². The average molecular weight is 284 g/mol. The van der Waals surface area contributed by atoms with E-state index in [0.29, 0.717) is 13.1 Å². The van der Waals surface area contributed by atoms with Gasteiger partial charge in [0.05, 0.1) is 11.3 Å². The van der Waals surface area contributed by atoms with Crippen molar-refractivity contribution >= 4 is 11.9 Å². The number of carbonyl (C=O) groups is 2. The quantitative estimate of drug-likeness (QED) is 0.777. The number of nitrogens with two attached hydrogens (primary N) is 1. The molecule has 1 saturated heterocycles. The van der Waals surface area contributed by atoms with Crippen molar-refractivity contribution in [2.45, 2.75) is 46.5 Å². The number of hydrogen-bond donors (Lipinski definition) is 2. The van der Waals surface area contributed by atoms with E-state index in [0.717, 1.165) is 32.2 Å². The Morgan fingerprint density at radius 2 is 2.10 bits per heavy atom. The van der Waals surface area contributed by atoms with E-state index in [9.17, 15) is 14.7 Å². The summed E-state index contributed by atoms with van der Waals surface area (Å²) in [5.74, 6) is -0.801. The number of aliphatic carboxylic acids is 1. The van der Waals surface area contributed by atoms with Gasteiger partial charge in [0.2, 0.25) is 5.91 Å². The molecular weight excluding hydrogens is 256 g/mol. The number of carboxylic acid groups (broad SMARTS) is 1. The van der Waals surface area contributed by atoms with Crippen molar-refractivity contribution in [3.63, 3.8) is 0 Å². The molecule has 0 aliphatic carbocycles. The van der Waals surface area contributed by atoms with Crippen LogP contribution in [0, 0.1) is 17.3 Å².